The summed E-state index contributed by atoms with van der Waals surface area (Å²) in [7, 11) is 0. The molecule has 15 heavy (non-hydrogen) atoms. The zero-order valence-electron chi connectivity index (χ0n) is 7.98. The first-order chi connectivity index (χ1) is 7.19. The summed E-state index contributed by atoms with van der Waals surface area (Å²) in [6.07, 6.45) is 1.57. The molecule has 0 saturated carbocycles. The molecule has 1 N–H and O–H groups in total. The Morgan fingerprint density at radius 3 is 2.87 bits per heavy atom. The number of nitrogens with zero attached hydrogens (tertiary/aromatic N) is 2. The summed E-state index contributed by atoms with van der Waals surface area (Å²) in [4.78, 5) is 15.3. The number of hydrogen-bond donors (Lipinski definition) is 1. The van der Waals surface area contributed by atoms with Crippen LogP contribution >= 0.6 is 22.6 Å². The second-order valence-corrected chi connectivity index (χ2v) is 3.78. The van der Waals surface area contributed by atoms with Crippen molar-refractivity contribution >= 4 is 34.3 Å². The predicted octanol–water partition coefficient (Wildman–Crippen LogP) is 1.43. The van der Waals surface area contributed by atoms with E-state index < -0.39 is 5.97 Å². The molecular weight excluding hydrogens is 311 g/mol. The average molecular weight is 320 g/mol. The maximum Gasteiger partial charge on any atom is 0.362 e. The first-order valence-corrected chi connectivity index (χ1v) is 5.28. The molecular formula is C9H9IN2O3. The molecule has 0 amide bonds. The molecule has 0 aliphatic carbocycles. The van der Waals surface area contributed by atoms with E-state index in [1.807, 2.05) is 0 Å². The van der Waals surface area contributed by atoms with Crippen LogP contribution in [0, 0.1) is 3.57 Å². The van der Waals surface area contributed by atoms with Crippen molar-refractivity contribution in [3.63, 3.8) is 0 Å². The third-order valence-corrected chi connectivity index (χ3v) is 2.18. The second-order valence-electron chi connectivity index (χ2n) is 2.53. The molecule has 0 fully saturated rings. The topological polar surface area (TPSA) is 71.8 Å². The largest absolute Gasteiger partial charge is 0.461 e. The molecule has 0 bridgehead atoms. The number of halogens is 1. The van der Waals surface area contributed by atoms with Crippen molar-refractivity contribution in [2.45, 2.75) is 6.92 Å². The van der Waals surface area contributed by atoms with Gasteiger partial charge < -0.3 is 9.94 Å². The van der Waals surface area contributed by atoms with Gasteiger partial charge in [0.15, 0.2) is 0 Å². The number of aromatic nitrogens is 1. The third kappa shape index (κ3) is 3.15. The van der Waals surface area contributed by atoms with Crippen LogP contribution < -0.4 is 0 Å². The van der Waals surface area contributed by atoms with Gasteiger partial charge in [0.25, 0.3) is 0 Å². The minimum Gasteiger partial charge on any atom is -0.461 e. The van der Waals surface area contributed by atoms with Gasteiger partial charge in [-0.1, -0.05) is 5.16 Å². The van der Waals surface area contributed by atoms with Crippen LogP contribution in [-0.4, -0.2) is 28.5 Å². The van der Waals surface area contributed by atoms with Crippen LogP contribution in [-0.2, 0) is 9.53 Å². The van der Waals surface area contributed by atoms with Crippen molar-refractivity contribution in [1.29, 1.82) is 0 Å². The lowest BCUT2D eigenvalue weighted by molar-refractivity contribution is -0.135. The fourth-order valence-electron chi connectivity index (χ4n) is 0.912. The molecule has 1 heterocycles. The summed E-state index contributed by atoms with van der Waals surface area (Å²) < 4.78 is 5.64. The van der Waals surface area contributed by atoms with Crippen molar-refractivity contribution in [2.24, 2.45) is 5.16 Å². The SMILES string of the molecule is CCOC(=O)/C(=N/O)c1ccc(I)cn1. The van der Waals surface area contributed by atoms with Crippen LogP contribution in [0.2, 0.25) is 0 Å². The Labute approximate surface area is 100 Å². The maximum atomic E-state index is 11.3. The fraction of sp³-hybridized carbons (Fsp3) is 0.222. The zero-order chi connectivity index (χ0) is 11.3. The molecule has 0 aliphatic heterocycles. The summed E-state index contributed by atoms with van der Waals surface area (Å²) in [5.74, 6) is -0.686. The highest BCUT2D eigenvalue weighted by Crippen LogP contribution is 2.05. The van der Waals surface area contributed by atoms with Crippen molar-refractivity contribution in [1.82, 2.24) is 4.98 Å². The Balaban J connectivity index is 2.94. The molecule has 0 atom stereocenters. The van der Waals surface area contributed by atoms with Crippen LogP contribution in [0.1, 0.15) is 12.6 Å². The van der Waals surface area contributed by atoms with E-state index in [1.54, 1.807) is 25.3 Å². The molecule has 5 nitrogen and oxygen atoms in total. The fourth-order valence-corrected chi connectivity index (χ4v) is 1.23. The lowest BCUT2D eigenvalue weighted by atomic mass is 10.2. The monoisotopic (exact) mass is 320 g/mol. The Hall–Kier alpha value is -1.18. The predicted molar refractivity (Wildman–Crippen MR) is 61.9 cm³/mol. The summed E-state index contributed by atoms with van der Waals surface area (Å²) >= 11 is 2.08. The van der Waals surface area contributed by atoms with Gasteiger partial charge in [-0.25, -0.2) is 4.79 Å². The molecule has 0 unspecified atom stereocenters. The number of rotatable bonds is 3. The van der Waals surface area contributed by atoms with Crippen LogP contribution in [0.4, 0.5) is 0 Å². The van der Waals surface area contributed by atoms with Gasteiger partial charge in [-0.05, 0) is 41.6 Å². The minimum atomic E-state index is -0.686. The molecule has 0 saturated heterocycles. The number of oxime groups is 1. The van der Waals surface area contributed by atoms with Gasteiger partial charge in [0.2, 0.25) is 5.71 Å². The van der Waals surface area contributed by atoms with E-state index in [9.17, 15) is 4.79 Å². The highest BCUT2D eigenvalue weighted by Gasteiger charge is 2.17. The Kier molecular flexibility index (Phi) is 4.47. The normalized spacial score (nSPS) is 11.2. The van der Waals surface area contributed by atoms with Crippen LogP contribution in [0.25, 0.3) is 0 Å². The quantitative estimate of drug-likeness (QED) is 0.301. The van der Waals surface area contributed by atoms with E-state index in [2.05, 4.69) is 32.7 Å². The highest BCUT2D eigenvalue weighted by atomic mass is 127. The third-order valence-electron chi connectivity index (χ3n) is 1.54. The average Bonchev–Trinajstić information content (AvgIpc) is 2.22. The molecule has 80 valence electrons. The standard InChI is InChI=1S/C9H9IN2O3/c1-2-15-9(13)8(12-14)7-4-3-6(10)5-11-7/h3-5,14H,2H2,1H3/b12-8+. The van der Waals surface area contributed by atoms with Crippen molar-refractivity contribution < 1.29 is 14.7 Å². The molecule has 1 aromatic rings. The second kappa shape index (κ2) is 5.64. The Bertz CT molecular complexity index is 375. The number of hydrogen-bond acceptors (Lipinski definition) is 5. The maximum absolute atomic E-state index is 11.3. The van der Waals surface area contributed by atoms with Crippen LogP contribution in [0.3, 0.4) is 0 Å². The molecule has 0 aliphatic rings. The van der Waals surface area contributed by atoms with E-state index in [0.717, 1.165) is 3.57 Å². The molecule has 0 radical (unpaired) electrons. The number of carbonyl (C=O) groups is 1. The molecule has 6 heteroatoms. The van der Waals surface area contributed by atoms with Gasteiger partial charge in [-0.2, -0.15) is 0 Å². The summed E-state index contributed by atoms with van der Waals surface area (Å²) in [6.45, 7) is 1.90. The number of carbonyl (C=O) groups excluding carboxylic acids is 1. The lowest BCUT2D eigenvalue weighted by Gasteiger charge is -2.02. The lowest BCUT2D eigenvalue weighted by Crippen LogP contribution is -2.20. The van der Waals surface area contributed by atoms with Crippen molar-refractivity contribution in [2.75, 3.05) is 6.61 Å². The van der Waals surface area contributed by atoms with Gasteiger partial charge in [-0.3, -0.25) is 4.98 Å². The number of esters is 1. The molecule has 0 spiro atoms. The zero-order valence-corrected chi connectivity index (χ0v) is 10.1. The first kappa shape index (κ1) is 11.9. The smallest absolute Gasteiger partial charge is 0.362 e. The summed E-state index contributed by atoms with van der Waals surface area (Å²) in [6, 6.07) is 3.35. The van der Waals surface area contributed by atoms with E-state index >= 15 is 0 Å². The Morgan fingerprint density at radius 1 is 1.67 bits per heavy atom. The number of ether oxygens (including phenoxy) is 1. The van der Waals surface area contributed by atoms with Crippen molar-refractivity contribution in [3.8, 4) is 0 Å². The van der Waals surface area contributed by atoms with E-state index in [-0.39, 0.29) is 18.0 Å². The van der Waals surface area contributed by atoms with E-state index in [0.29, 0.717) is 0 Å². The van der Waals surface area contributed by atoms with Crippen LogP contribution in [0.5, 0.6) is 0 Å². The molecule has 1 rings (SSSR count). The van der Waals surface area contributed by atoms with Gasteiger partial charge in [0.05, 0.1) is 12.3 Å². The number of pyridine rings is 1. The molecule has 1 aromatic heterocycles. The van der Waals surface area contributed by atoms with E-state index in [1.165, 1.54) is 0 Å². The molecule has 0 aromatic carbocycles. The van der Waals surface area contributed by atoms with Gasteiger partial charge in [0.1, 0.15) is 0 Å². The minimum absolute atomic E-state index is 0.187. The summed E-state index contributed by atoms with van der Waals surface area (Å²) in [5, 5.41) is 11.6. The van der Waals surface area contributed by atoms with Gasteiger partial charge in [0, 0.05) is 9.77 Å². The first-order valence-electron chi connectivity index (χ1n) is 4.20. The van der Waals surface area contributed by atoms with Gasteiger partial charge in [-0.15, -0.1) is 0 Å². The summed E-state index contributed by atoms with van der Waals surface area (Å²) in [5.41, 5.74) is 0.101. The highest BCUT2D eigenvalue weighted by molar-refractivity contribution is 14.1. The van der Waals surface area contributed by atoms with E-state index in [4.69, 9.17) is 9.94 Å². The Morgan fingerprint density at radius 2 is 2.40 bits per heavy atom. The van der Waals surface area contributed by atoms with Crippen molar-refractivity contribution in [3.05, 3.63) is 27.6 Å². The van der Waals surface area contributed by atoms with Gasteiger partial charge >= 0.3 is 5.97 Å². The van der Waals surface area contributed by atoms with Crippen LogP contribution in [0.15, 0.2) is 23.5 Å².